The lowest BCUT2D eigenvalue weighted by Gasteiger charge is -2.13. The number of aromatic nitrogens is 1. The molecule has 2 aromatic carbocycles. The fourth-order valence-electron chi connectivity index (χ4n) is 3.20. The minimum atomic E-state index is -1.07. The molecule has 0 bridgehead atoms. The average Bonchev–Trinajstić information content (AvgIpc) is 3.17. The Morgan fingerprint density at radius 3 is 2.56 bits per heavy atom. The third-order valence-electron chi connectivity index (χ3n) is 4.73. The van der Waals surface area contributed by atoms with Crippen LogP contribution in [-0.4, -0.2) is 41.8 Å². The zero-order valence-corrected chi connectivity index (χ0v) is 17.7. The fraction of sp³-hybridized carbons (Fsp3) is 0.136. The molecule has 0 fully saturated rings. The van der Waals surface area contributed by atoms with Gasteiger partial charge in [-0.15, -0.1) is 0 Å². The van der Waals surface area contributed by atoms with E-state index in [4.69, 9.17) is 4.74 Å². The molecule has 1 unspecified atom stereocenters. The van der Waals surface area contributed by atoms with Gasteiger partial charge in [-0.3, -0.25) is 14.4 Å². The summed E-state index contributed by atoms with van der Waals surface area (Å²) in [5, 5.41) is 8.00. The Morgan fingerprint density at radius 1 is 1.09 bits per heavy atom. The van der Waals surface area contributed by atoms with Gasteiger partial charge >= 0.3 is 5.97 Å². The lowest BCUT2D eigenvalue weighted by molar-refractivity contribution is -0.122. The Hall–Kier alpha value is -4.05. The van der Waals surface area contributed by atoms with E-state index in [1.54, 1.807) is 24.3 Å². The van der Waals surface area contributed by atoms with Crippen LogP contribution in [0.25, 0.3) is 10.4 Å². The van der Waals surface area contributed by atoms with E-state index in [1.807, 2.05) is 30.3 Å². The van der Waals surface area contributed by atoms with Gasteiger partial charge < -0.3 is 20.7 Å². The Kier molecular flexibility index (Phi) is 5.95. The lowest BCUT2D eigenvalue weighted by atomic mass is 10.1. The van der Waals surface area contributed by atoms with E-state index in [-0.39, 0.29) is 17.2 Å². The van der Waals surface area contributed by atoms with Crippen molar-refractivity contribution < 1.29 is 23.9 Å². The number of ether oxygens (including phenoxy) is 1. The van der Waals surface area contributed by atoms with E-state index >= 15 is 0 Å². The molecule has 0 saturated heterocycles. The van der Waals surface area contributed by atoms with Gasteiger partial charge in [0.1, 0.15) is 6.04 Å². The molecule has 1 aliphatic heterocycles. The quantitative estimate of drug-likeness (QED) is 0.513. The fourth-order valence-corrected chi connectivity index (χ4v) is 4.18. The van der Waals surface area contributed by atoms with Crippen LogP contribution in [0.2, 0.25) is 0 Å². The predicted octanol–water partition coefficient (Wildman–Crippen LogP) is 2.68. The minimum absolute atomic E-state index is 0.0787. The Morgan fingerprint density at radius 2 is 1.81 bits per heavy atom. The number of thiazole rings is 1. The van der Waals surface area contributed by atoms with Crippen molar-refractivity contribution in [3.8, 4) is 10.4 Å². The number of benzene rings is 2. The number of carbonyl (C=O) groups is 4. The van der Waals surface area contributed by atoms with E-state index in [0.29, 0.717) is 16.1 Å². The summed E-state index contributed by atoms with van der Waals surface area (Å²) in [5.41, 5.74) is 1.53. The van der Waals surface area contributed by atoms with Crippen molar-refractivity contribution in [1.82, 2.24) is 10.3 Å². The number of hydrogen-bond donors (Lipinski definition) is 3. The van der Waals surface area contributed by atoms with Crippen LogP contribution in [0.4, 0.5) is 10.8 Å². The number of nitrogens with zero attached hydrogens (tertiary/aromatic N) is 1. The number of para-hydroxylation sites is 1. The number of anilines is 2. The first-order chi connectivity index (χ1) is 15.5. The molecule has 1 aliphatic rings. The summed E-state index contributed by atoms with van der Waals surface area (Å²) in [5.74, 6) is -2.13. The average molecular weight is 450 g/mol. The van der Waals surface area contributed by atoms with Crippen LogP contribution in [0, 0.1) is 0 Å². The highest BCUT2D eigenvalue weighted by Gasteiger charge is 2.30. The van der Waals surface area contributed by atoms with E-state index < -0.39 is 29.7 Å². The van der Waals surface area contributed by atoms with Gasteiger partial charge in [0.2, 0.25) is 11.8 Å². The van der Waals surface area contributed by atoms with Crippen molar-refractivity contribution in [2.45, 2.75) is 12.5 Å². The molecule has 3 aromatic rings. The normalized spacial score (nSPS) is 15.1. The second-order valence-electron chi connectivity index (χ2n) is 6.87. The van der Waals surface area contributed by atoms with Crippen molar-refractivity contribution >= 4 is 45.8 Å². The minimum Gasteiger partial charge on any atom is -0.464 e. The Labute approximate surface area is 186 Å². The smallest absolute Gasteiger partial charge is 0.358 e. The maximum Gasteiger partial charge on any atom is 0.358 e. The molecule has 3 amide bonds. The van der Waals surface area contributed by atoms with Crippen LogP contribution in [-0.2, 0) is 14.3 Å². The van der Waals surface area contributed by atoms with Crippen LogP contribution in [0.3, 0.4) is 0 Å². The maximum absolute atomic E-state index is 12.6. The molecule has 10 heteroatoms. The van der Waals surface area contributed by atoms with Gasteiger partial charge in [-0.2, -0.15) is 0 Å². The van der Waals surface area contributed by atoms with Gasteiger partial charge in [0.05, 0.1) is 29.7 Å². The number of fused-ring (bicyclic) bond motifs is 1. The number of amides is 3. The molecule has 4 rings (SSSR count). The van der Waals surface area contributed by atoms with Gasteiger partial charge in [-0.25, -0.2) is 9.78 Å². The summed E-state index contributed by atoms with van der Waals surface area (Å²) in [7, 11) is 1.25. The number of esters is 1. The first-order valence-electron chi connectivity index (χ1n) is 9.61. The first-order valence-corrected chi connectivity index (χ1v) is 10.4. The molecule has 32 heavy (non-hydrogen) atoms. The van der Waals surface area contributed by atoms with E-state index in [2.05, 4.69) is 20.9 Å². The highest BCUT2D eigenvalue weighted by molar-refractivity contribution is 7.19. The van der Waals surface area contributed by atoms with Crippen molar-refractivity contribution in [2.75, 3.05) is 17.7 Å². The molecule has 1 aromatic heterocycles. The summed E-state index contributed by atoms with van der Waals surface area (Å²) in [4.78, 5) is 54.4. The third-order valence-corrected chi connectivity index (χ3v) is 5.75. The summed E-state index contributed by atoms with van der Waals surface area (Å²) < 4.78 is 4.80. The van der Waals surface area contributed by atoms with Gasteiger partial charge in [-0.1, -0.05) is 53.8 Å². The topological polar surface area (TPSA) is 126 Å². The highest BCUT2D eigenvalue weighted by atomic mass is 32.1. The van der Waals surface area contributed by atoms with Crippen LogP contribution in [0.15, 0.2) is 54.6 Å². The van der Waals surface area contributed by atoms with Crippen molar-refractivity contribution in [2.24, 2.45) is 0 Å². The molecule has 2 heterocycles. The second kappa shape index (κ2) is 8.98. The largest absolute Gasteiger partial charge is 0.464 e. The standard InChI is InChI=1S/C22H18N4O5S/c1-31-21(30)17-18(12-7-3-2-4-8-12)32-22(26-17)25-16(27)11-15-20(29)23-14-10-6-5-9-13(14)19(28)24-15/h2-10,15H,11H2,1H3,(H,23,29)(H,24,28)(H,25,26,27). The highest BCUT2D eigenvalue weighted by Crippen LogP contribution is 2.33. The van der Waals surface area contributed by atoms with Crippen molar-refractivity contribution in [1.29, 1.82) is 0 Å². The predicted molar refractivity (Wildman–Crippen MR) is 118 cm³/mol. The number of nitrogens with one attached hydrogen (secondary N) is 3. The van der Waals surface area contributed by atoms with E-state index in [1.165, 1.54) is 7.11 Å². The summed E-state index contributed by atoms with van der Waals surface area (Å²) in [6, 6.07) is 14.6. The molecule has 3 N–H and O–H groups in total. The molecule has 0 radical (unpaired) electrons. The van der Waals surface area contributed by atoms with Crippen LogP contribution < -0.4 is 16.0 Å². The van der Waals surface area contributed by atoms with Gasteiger partial charge in [0, 0.05) is 0 Å². The molecular formula is C22H18N4O5S. The third kappa shape index (κ3) is 4.35. The number of carbonyl (C=O) groups excluding carboxylic acids is 4. The van der Waals surface area contributed by atoms with Gasteiger partial charge in [0.25, 0.3) is 5.91 Å². The Bertz CT molecular complexity index is 1210. The summed E-state index contributed by atoms with van der Waals surface area (Å²) in [6.45, 7) is 0. The number of rotatable bonds is 5. The number of methoxy groups -OCH3 is 1. The molecule has 0 aliphatic carbocycles. The molecule has 9 nitrogen and oxygen atoms in total. The van der Waals surface area contributed by atoms with Crippen LogP contribution in [0.1, 0.15) is 27.3 Å². The molecule has 0 spiro atoms. The first kappa shape index (κ1) is 21.2. The molecule has 162 valence electrons. The molecular weight excluding hydrogens is 432 g/mol. The van der Waals surface area contributed by atoms with Gasteiger partial charge in [0.15, 0.2) is 10.8 Å². The van der Waals surface area contributed by atoms with E-state index in [0.717, 1.165) is 16.9 Å². The van der Waals surface area contributed by atoms with Crippen LogP contribution >= 0.6 is 11.3 Å². The molecule has 0 saturated carbocycles. The lowest BCUT2D eigenvalue weighted by Crippen LogP contribution is -2.43. The van der Waals surface area contributed by atoms with Crippen molar-refractivity contribution in [3.05, 3.63) is 65.9 Å². The number of hydrogen-bond acceptors (Lipinski definition) is 7. The summed E-state index contributed by atoms with van der Waals surface area (Å²) in [6.07, 6.45) is -0.306. The second-order valence-corrected chi connectivity index (χ2v) is 7.87. The maximum atomic E-state index is 12.6. The van der Waals surface area contributed by atoms with E-state index in [9.17, 15) is 19.2 Å². The summed E-state index contributed by atoms with van der Waals surface area (Å²) >= 11 is 1.11. The SMILES string of the molecule is COC(=O)c1nc(NC(=O)CC2NC(=O)c3ccccc3NC2=O)sc1-c1ccccc1. The van der Waals surface area contributed by atoms with Gasteiger partial charge in [-0.05, 0) is 17.7 Å². The monoisotopic (exact) mass is 450 g/mol. The van der Waals surface area contributed by atoms with Crippen LogP contribution in [0.5, 0.6) is 0 Å². The van der Waals surface area contributed by atoms with Crippen molar-refractivity contribution in [3.63, 3.8) is 0 Å². The zero-order chi connectivity index (χ0) is 22.7. The Balaban J connectivity index is 1.51. The zero-order valence-electron chi connectivity index (χ0n) is 16.9. The molecule has 1 atom stereocenters.